The fourth-order valence-corrected chi connectivity index (χ4v) is 1.65. The van der Waals surface area contributed by atoms with E-state index in [1.807, 2.05) is 13.0 Å². The van der Waals surface area contributed by atoms with Gasteiger partial charge in [0, 0.05) is 0 Å². The minimum atomic E-state index is -4.24. The van der Waals surface area contributed by atoms with Gasteiger partial charge in [-0.2, -0.15) is 13.2 Å². The molecule has 86 valence electrons. The van der Waals surface area contributed by atoms with E-state index < -0.39 is 18.7 Å². The maximum atomic E-state index is 12.2. The Bertz CT molecular complexity index is 276. The van der Waals surface area contributed by atoms with Crippen molar-refractivity contribution in [3.05, 3.63) is 23.3 Å². The molecular formula is C11H15F3O. The lowest BCUT2D eigenvalue weighted by molar-refractivity contribution is -0.129. The number of halogens is 3. The topological polar surface area (TPSA) is 20.2 Å². The number of hydrogen-bond acceptors (Lipinski definition) is 1. The molecule has 0 heterocycles. The molecular weight excluding hydrogens is 205 g/mol. The van der Waals surface area contributed by atoms with Crippen molar-refractivity contribution in [1.29, 1.82) is 0 Å². The minimum Gasteiger partial charge on any atom is -0.389 e. The lowest BCUT2D eigenvalue weighted by Gasteiger charge is -2.15. The van der Waals surface area contributed by atoms with Gasteiger partial charge in [-0.3, -0.25) is 0 Å². The van der Waals surface area contributed by atoms with Gasteiger partial charge in [0.1, 0.15) is 0 Å². The highest BCUT2D eigenvalue weighted by Crippen LogP contribution is 2.30. The van der Waals surface area contributed by atoms with Crippen LogP contribution >= 0.6 is 0 Å². The molecule has 15 heavy (non-hydrogen) atoms. The molecule has 1 rings (SSSR count). The van der Waals surface area contributed by atoms with Crippen LogP contribution in [0.5, 0.6) is 0 Å². The van der Waals surface area contributed by atoms with Crippen LogP contribution in [0.4, 0.5) is 13.2 Å². The van der Waals surface area contributed by atoms with E-state index in [0.717, 1.165) is 5.57 Å². The highest BCUT2D eigenvalue weighted by Gasteiger charge is 2.31. The maximum Gasteiger partial charge on any atom is 0.392 e. The predicted molar refractivity (Wildman–Crippen MR) is 52.4 cm³/mol. The monoisotopic (exact) mass is 220 g/mol. The SMILES string of the molecule is CCC1=CCCC(O)C(CC(F)(F)F)=C1. The molecule has 0 aromatic carbocycles. The normalized spacial score (nSPS) is 23.1. The van der Waals surface area contributed by atoms with Crippen molar-refractivity contribution < 1.29 is 18.3 Å². The molecule has 1 atom stereocenters. The second-order valence-electron chi connectivity index (χ2n) is 3.74. The minimum absolute atomic E-state index is 0.0908. The van der Waals surface area contributed by atoms with Gasteiger partial charge < -0.3 is 5.11 Å². The summed E-state index contributed by atoms with van der Waals surface area (Å²) in [6.45, 7) is 1.89. The van der Waals surface area contributed by atoms with Crippen molar-refractivity contribution in [2.75, 3.05) is 0 Å². The average molecular weight is 220 g/mol. The summed E-state index contributed by atoms with van der Waals surface area (Å²) in [6, 6.07) is 0. The third-order valence-electron chi connectivity index (χ3n) is 2.46. The Morgan fingerprint density at radius 3 is 2.67 bits per heavy atom. The van der Waals surface area contributed by atoms with Crippen molar-refractivity contribution in [2.45, 2.75) is 44.9 Å². The van der Waals surface area contributed by atoms with Crippen LogP contribution in [0.25, 0.3) is 0 Å². The number of hydrogen-bond donors (Lipinski definition) is 1. The molecule has 0 aliphatic heterocycles. The van der Waals surface area contributed by atoms with E-state index in [1.54, 1.807) is 0 Å². The van der Waals surface area contributed by atoms with E-state index >= 15 is 0 Å². The Labute approximate surface area is 87.3 Å². The molecule has 0 radical (unpaired) electrons. The summed E-state index contributed by atoms with van der Waals surface area (Å²) in [4.78, 5) is 0. The zero-order valence-electron chi connectivity index (χ0n) is 8.64. The Hall–Kier alpha value is -0.770. The zero-order valence-corrected chi connectivity index (χ0v) is 8.64. The molecule has 1 nitrogen and oxygen atoms in total. The zero-order chi connectivity index (χ0) is 11.5. The van der Waals surface area contributed by atoms with E-state index in [1.165, 1.54) is 6.08 Å². The number of rotatable bonds is 2. The van der Waals surface area contributed by atoms with Gasteiger partial charge in [-0.25, -0.2) is 0 Å². The molecule has 0 aromatic rings. The van der Waals surface area contributed by atoms with E-state index in [-0.39, 0.29) is 5.57 Å². The Morgan fingerprint density at radius 2 is 2.13 bits per heavy atom. The van der Waals surface area contributed by atoms with Gasteiger partial charge in [0.05, 0.1) is 12.5 Å². The summed E-state index contributed by atoms with van der Waals surface area (Å²) in [5, 5.41) is 9.52. The molecule has 4 heteroatoms. The first-order valence-corrected chi connectivity index (χ1v) is 5.06. The summed E-state index contributed by atoms with van der Waals surface area (Å²) in [7, 11) is 0. The van der Waals surface area contributed by atoms with Gasteiger partial charge in [-0.1, -0.05) is 24.6 Å². The molecule has 1 N–H and O–H groups in total. The van der Waals surface area contributed by atoms with Crippen LogP contribution in [0.1, 0.15) is 32.6 Å². The lowest BCUT2D eigenvalue weighted by Crippen LogP contribution is -2.17. The standard InChI is InChI=1S/C11H15F3O/c1-2-8-4-3-5-10(15)9(6-8)7-11(12,13)14/h4,6,10,15H,2-3,5,7H2,1H3. The summed E-state index contributed by atoms with van der Waals surface area (Å²) in [5.41, 5.74) is 0.971. The molecule has 0 saturated carbocycles. The quantitative estimate of drug-likeness (QED) is 0.756. The van der Waals surface area contributed by atoms with Gasteiger partial charge in [0.25, 0.3) is 0 Å². The molecule has 1 aliphatic rings. The van der Waals surface area contributed by atoms with Crippen LogP contribution in [0.3, 0.4) is 0 Å². The Morgan fingerprint density at radius 1 is 1.47 bits per heavy atom. The maximum absolute atomic E-state index is 12.2. The second-order valence-corrected chi connectivity index (χ2v) is 3.74. The summed E-state index contributed by atoms with van der Waals surface area (Å²) < 4.78 is 36.6. The van der Waals surface area contributed by atoms with E-state index in [4.69, 9.17) is 0 Å². The first-order chi connectivity index (χ1) is 6.92. The highest BCUT2D eigenvalue weighted by molar-refractivity contribution is 5.28. The van der Waals surface area contributed by atoms with E-state index in [9.17, 15) is 18.3 Å². The van der Waals surface area contributed by atoms with Crippen molar-refractivity contribution >= 4 is 0 Å². The largest absolute Gasteiger partial charge is 0.392 e. The van der Waals surface area contributed by atoms with Gasteiger partial charge in [-0.05, 0) is 24.8 Å². The van der Waals surface area contributed by atoms with Crippen LogP contribution in [0.15, 0.2) is 23.3 Å². The summed E-state index contributed by atoms with van der Waals surface area (Å²) in [5.74, 6) is 0. The molecule has 0 spiro atoms. The second kappa shape index (κ2) is 4.84. The van der Waals surface area contributed by atoms with Gasteiger partial charge >= 0.3 is 6.18 Å². The smallest absolute Gasteiger partial charge is 0.389 e. The molecule has 0 saturated heterocycles. The van der Waals surface area contributed by atoms with Crippen LogP contribution in [-0.2, 0) is 0 Å². The molecule has 0 amide bonds. The first-order valence-electron chi connectivity index (χ1n) is 5.06. The van der Waals surface area contributed by atoms with Crippen molar-refractivity contribution in [3.8, 4) is 0 Å². The van der Waals surface area contributed by atoms with E-state index in [2.05, 4.69) is 0 Å². The number of aliphatic hydroxyl groups is 1. The van der Waals surface area contributed by atoms with E-state index in [0.29, 0.717) is 19.3 Å². The van der Waals surface area contributed by atoms with Crippen molar-refractivity contribution in [3.63, 3.8) is 0 Å². The molecule has 0 fully saturated rings. The third-order valence-corrected chi connectivity index (χ3v) is 2.46. The van der Waals surface area contributed by atoms with Crippen LogP contribution in [-0.4, -0.2) is 17.4 Å². The summed E-state index contributed by atoms with van der Waals surface area (Å²) >= 11 is 0. The van der Waals surface area contributed by atoms with Crippen LogP contribution in [0, 0.1) is 0 Å². The Balaban J connectivity index is 2.82. The molecule has 1 unspecified atom stereocenters. The fraction of sp³-hybridized carbons (Fsp3) is 0.636. The average Bonchev–Trinajstić information content (AvgIpc) is 2.27. The first kappa shape index (κ1) is 12.3. The van der Waals surface area contributed by atoms with Crippen molar-refractivity contribution in [2.24, 2.45) is 0 Å². The van der Waals surface area contributed by atoms with Gasteiger partial charge in [0.2, 0.25) is 0 Å². The van der Waals surface area contributed by atoms with Gasteiger partial charge in [0.15, 0.2) is 0 Å². The van der Waals surface area contributed by atoms with Crippen molar-refractivity contribution in [1.82, 2.24) is 0 Å². The fourth-order valence-electron chi connectivity index (χ4n) is 1.65. The highest BCUT2D eigenvalue weighted by atomic mass is 19.4. The van der Waals surface area contributed by atoms with Crippen LogP contribution in [0.2, 0.25) is 0 Å². The predicted octanol–water partition coefficient (Wildman–Crippen LogP) is 3.36. The molecule has 0 aromatic heterocycles. The van der Waals surface area contributed by atoms with Crippen LogP contribution < -0.4 is 0 Å². The van der Waals surface area contributed by atoms with Gasteiger partial charge in [-0.15, -0.1) is 0 Å². The number of allylic oxidation sites excluding steroid dienone is 3. The Kier molecular flexibility index (Phi) is 3.97. The third kappa shape index (κ3) is 4.08. The molecule has 1 aliphatic carbocycles. The molecule has 0 bridgehead atoms. The number of alkyl halides is 3. The number of aliphatic hydroxyl groups excluding tert-OH is 1. The summed E-state index contributed by atoms with van der Waals surface area (Å²) in [6.07, 6.45) is -1.09. The lowest BCUT2D eigenvalue weighted by atomic mass is 10.0.